The maximum absolute atomic E-state index is 13.0. The lowest BCUT2D eigenvalue weighted by Gasteiger charge is -2.27. The first-order valence-electron chi connectivity index (χ1n) is 9.52. The molecule has 142 valence electrons. The summed E-state index contributed by atoms with van der Waals surface area (Å²) in [6, 6.07) is 6.52. The number of amides is 2. The molecule has 0 spiro atoms. The van der Waals surface area contributed by atoms with Crippen LogP contribution >= 0.6 is 0 Å². The molecule has 0 aliphatic carbocycles. The van der Waals surface area contributed by atoms with Crippen LogP contribution in [0.25, 0.3) is 0 Å². The zero-order chi connectivity index (χ0) is 18.7. The molecule has 0 radical (unpaired) electrons. The molecule has 1 aromatic rings. The highest BCUT2D eigenvalue weighted by atomic mass is 16.5. The summed E-state index contributed by atoms with van der Waals surface area (Å²) in [4.78, 5) is 27.5. The van der Waals surface area contributed by atoms with Gasteiger partial charge in [-0.15, -0.1) is 0 Å². The monoisotopic (exact) mass is 359 g/mol. The van der Waals surface area contributed by atoms with Gasteiger partial charge < -0.3 is 20.3 Å². The Morgan fingerprint density at radius 1 is 1.19 bits per heavy atom. The van der Waals surface area contributed by atoms with Crippen LogP contribution < -0.4 is 15.4 Å². The second-order valence-corrected chi connectivity index (χ2v) is 7.57. The van der Waals surface area contributed by atoms with Crippen LogP contribution in [0.5, 0.6) is 5.75 Å². The fraction of sp³-hybridized carbons (Fsp3) is 0.600. The quantitative estimate of drug-likeness (QED) is 0.808. The molecular formula is C20H29N3O3. The number of likely N-dealkylation sites (tertiary alicyclic amines) is 1. The first-order valence-corrected chi connectivity index (χ1v) is 9.52. The van der Waals surface area contributed by atoms with Gasteiger partial charge in [0.1, 0.15) is 11.8 Å². The Labute approximate surface area is 155 Å². The number of ether oxygens (including phenoxy) is 1. The number of carbonyl (C=O) groups is 2. The lowest BCUT2D eigenvalue weighted by Crippen LogP contribution is -2.51. The maximum Gasteiger partial charge on any atom is 0.251 e. The van der Waals surface area contributed by atoms with E-state index in [4.69, 9.17) is 4.74 Å². The highest BCUT2D eigenvalue weighted by molar-refractivity contribution is 5.97. The summed E-state index contributed by atoms with van der Waals surface area (Å²) in [5, 5.41) is 6.32. The van der Waals surface area contributed by atoms with Crippen molar-refractivity contribution in [1.29, 1.82) is 0 Å². The third kappa shape index (κ3) is 4.01. The molecule has 1 aromatic carbocycles. The van der Waals surface area contributed by atoms with E-state index in [2.05, 4.69) is 10.6 Å². The van der Waals surface area contributed by atoms with Gasteiger partial charge in [0.15, 0.2) is 0 Å². The second kappa shape index (κ2) is 8.08. The Morgan fingerprint density at radius 3 is 2.35 bits per heavy atom. The third-order valence-corrected chi connectivity index (χ3v) is 5.35. The van der Waals surface area contributed by atoms with E-state index in [9.17, 15) is 9.59 Å². The predicted octanol–water partition coefficient (Wildman–Crippen LogP) is 1.52. The maximum atomic E-state index is 13.0. The molecule has 2 aliphatic rings. The average molecular weight is 359 g/mol. The summed E-state index contributed by atoms with van der Waals surface area (Å²) in [6.07, 6.45) is 0. The SMILES string of the molecule is CCOc1ccc(C(=O)NC(C(=O)N2C[C@H]3CNC[C@H]3C2)C(C)C)cc1. The van der Waals surface area contributed by atoms with E-state index in [1.54, 1.807) is 24.3 Å². The lowest BCUT2D eigenvalue weighted by molar-refractivity contribution is -0.133. The fourth-order valence-electron chi connectivity index (χ4n) is 3.84. The second-order valence-electron chi connectivity index (χ2n) is 7.57. The van der Waals surface area contributed by atoms with Gasteiger partial charge in [-0.25, -0.2) is 0 Å². The lowest BCUT2D eigenvalue weighted by atomic mass is 10.0. The predicted molar refractivity (Wildman–Crippen MR) is 100 cm³/mol. The number of carbonyl (C=O) groups excluding carboxylic acids is 2. The molecule has 3 atom stereocenters. The van der Waals surface area contributed by atoms with Crippen LogP contribution in [-0.2, 0) is 4.79 Å². The molecule has 6 nitrogen and oxygen atoms in total. The van der Waals surface area contributed by atoms with E-state index in [0.29, 0.717) is 24.0 Å². The van der Waals surface area contributed by atoms with Gasteiger partial charge in [-0.05, 0) is 48.9 Å². The van der Waals surface area contributed by atoms with Crippen molar-refractivity contribution in [3.05, 3.63) is 29.8 Å². The minimum atomic E-state index is -0.499. The molecule has 3 rings (SSSR count). The summed E-state index contributed by atoms with van der Waals surface area (Å²) >= 11 is 0. The molecule has 2 aliphatic heterocycles. The molecule has 2 fully saturated rings. The van der Waals surface area contributed by atoms with E-state index in [0.717, 1.165) is 31.9 Å². The summed E-state index contributed by atoms with van der Waals surface area (Å²) in [7, 11) is 0. The molecule has 0 saturated carbocycles. The largest absolute Gasteiger partial charge is 0.494 e. The van der Waals surface area contributed by atoms with Crippen molar-refractivity contribution in [3.8, 4) is 5.75 Å². The molecule has 1 unspecified atom stereocenters. The smallest absolute Gasteiger partial charge is 0.251 e. The van der Waals surface area contributed by atoms with E-state index in [-0.39, 0.29) is 17.7 Å². The summed E-state index contributed by atoms with van der Waals surface area (Å²) in [5.41, 5.74) is 0.536. The third-order valence-electron chi connectivity index (χ3n) is 5.35. The zero-order valence-corrected chi connectivity index (χ0v) is 15.8. The van der Waals surface area contributed by atoms with Gasteiger partial charge in [-0.2, -0.15) is 0 Å². The molecule has 2 amide bonds. The average Bonchev–Trinajstić information content (AvgIpc) is 3.21. The molecule has 2 saturated heterocycles. The van der Waals surface area contributed by atoms with E-state index < -0.39 is 6.04 Å². The van der Waals surface area contributed by atoms with Crippen molar-refractivity contribution < 1.29 is 14.3 Å². The van der Waals surface area contributed by atoms with Gasteiger partial charge in [0.2, 0.25) is 5.91 Å². The van der Waals surface area contributed by atoms with Gasteiger partial charge in [-0.3, -0.25) is 9.59 Å². The number of benzene rings is 1. The molecular weight excluding hydrogens is 330 g/mol. The molecule has 0 bridgehead atoms. The first kappa shape index (κ1) is 18.7. The Hall–Kier alpha value is -2.08. The molecule has 6 heteroatoms. The van der Waals surface area contributed by atoms with Crippen molar-refractivity contribution in [2.45, 2.75) is 26.8 Å². The fourth-order valence-corrected chi connectivity index (χ4v) is 3.84. The van der Waals surface area contributed by atoms with Gasteiger partial charge in [0.05, 0.1) is 6.61 Å². The molecule has 2 heterocycles. The van der Waals surface area contributed by atoms with Crippen LogP contribution in [-0.4, -0.2) is 55.5 Å². The number of rotatable bonds is 6. The van der Waals surface area contributed by atoms with Crippen molar-refractivity contribution >= 4 is 11.8 Å². The topological polar surface area (TPSA) is 70.7 Å². The summed E-state index contributed by atoms with van der Waals surface area (Å²) in [6.45, 7) is 10.00. The van der Waals surface area contributed by atoms with Crippen LogP contribution in [0.2, 0.25) is 0 Å². The van der Waals surface area contributed by atoms with Crippen LogP contribution in [0.15, 0.2) is 24.3 Å². The Kier molecular flexibility index (Phi) is 5.81. The highest BCUT2D eigenvalue weighted by Gasteiger charge is 2.40. The first-order chi connectivity index (χ1) is 12.5. The van der Waals surface area contributed by atoms with Crippen molar-refractivity contribution in [2.75, 3.05) is 32.8 Å². The van der Waals surface area contributed by atoms with Crippen molar-refractivity contribution in [2.24, 2.45) is 17.8 Å². The summed E-state index contributed by atoms with van der Waals surface area (Å²) < 4.78 is 5.40. The number of nitrogens with zero attached hydrogens (tertiary/aromatic N) is 1. The Morgan fingerprint density at radius 2 is 1.81 bits per heavy atom. The number of nitrogens with one attached hydrogen (secondary N) is 2. The van der Waals surface area contributed by atoms with Crippen molar-refractivity contribution in [3.63, 3.8) is 0 Å². The van der Waals surface area contributed by atoms with Gasteiger partial charge in [-0.1, -0.05) is 13.8 Å². The zero-order valence-electron chi connectivity index (χ0n) is 15.8. The standard InChI is InChI=1S/C20H29N3O3/c1-4-26-17-7-5-14(6-8-17)19(24)22-18(13(2)3)20(25)23-11-15-9-21-10-16(15)12-23/h5-8,13,15-16,18,21H,4,9-12H2,1-3H3,(H,22,24)/t15-,16+,18?. The van der Waals surface area contributed by atoms with Crippen LogP contribution in [0.4, 0.5) is 0 Å². The van der Waals surface area contributed by atoms with Gasteiger partial charge in [0, 0.05) is 31.7 Å². The van der Waals surface area contributed by atoms with E-state index >= 15 is 0 Å². The highest BCUT2D eigenvalue weighted by Crippen LogP contribution is 2.27. The minimum Gasteiger partial charge on any atom is -0.494 e. The van der Waals surface area contributed by atoms with Crippen LogP contribution in [0, 0.1) is 17.8 Å². The Bertz CT molecular complexity index is 632. The molecule has 26 heavy (non-hydrogen) atoms. The number of hydrogen-bond donors (Lipinski definition) is 2. The Balaban J connectivity index is 1.64. The van der Waals surface area contributed by atoms with E-state index in [1.165, 1.54) is 0 Å². The number of hydrogen-bond acceptors (Lipinski definition) is 4. The van der Waals surface area contributed by atoms with Crippen molar-refractivity contribution in [1.82, 2.24) is 15.5 Å². The molecule has 0 aromatic heterocycles. The minimum absolute atomic E-state index is 0.0349. The van der Waals surface area contributed by atoms with E-state index in [1.807, 2.05) is 25.7 Å². The number of fused-ring (bicyclic) bond motifs is 1. The van der Waals surface area contributed by atoms with Crippen LogP contribution in [0.3, 0.4) is 0 Å². The summed E-state index contributed by atoms with van der Waals surface area (Å²) in [5.74, 6) is 1.68. The van der Waals surface area contributed by atoms with Gasteiger partial charge >= 0.3 is 0 Å². The molecule has 2 N–H and O–H groups in total. The van der Waals surface area contributed by atoms with Crippen LogP contribution in [0.1, 0.15) is 31.1 Å². The van der Waals surface area contributed by atoms with Gasteiger partial charge in [0.25, 0.3) is 5.91 Å². The normalized spacial score (nSPS) is 23.0.